The minimum atomic E-state index is -0.410. The molecule has 1 heterocycles. The van der Waals surface area contributed by atoms with E-state index in [4.69, 9.17) is 21.1 Å². The van der Waals surface area contributed by atoms with Crippen LogP contribution in [0.25, 0.3) is 0 Å². The molecule has 0 unspecified atom stereocenters. The summed E-state index contributed by atoms with van der Waals surface area (Å²) < 4.78 is 10.3. The van der Waals surface area contributed by atoms with E-state index in [2.05, 4.69) is 5.32 Å². The zero-order valence-electron chi connectivity index (χ0n) is 16.8. The number of aryl methyl sites for hydroxylation is 1. The number of esters is 1. The molecule has 0 spiro atoms. The van der Waals surface area contributed by atoms with Crippen molar-refractivity contribution in [2.75, 3.05) is 20.8 Å². The third-order valence-electron chi connectivity index (χ3n) is 5.14. The summed E-state index contributed by atoms with van der Waals surface area (Å²) in [7, 11) is 3.03. The number of hydrogen-bond acceptors (Lipinski definition) is 5. The summed E-state index contributed by atoms with van der Waals surface area (Å²) in [6.07, 6.45) is 0.494. The molecular weight excluding hydrogens is 392 g/mol. The van der Waals surface area contributed by atoms with Crippen LogP contribution in [-0.2, 0) is 16.1 Å². The van der Waals surface area contributed by atoms with E-state index in [9.17, 15) is 9.59 Å². The van der Waals surface area contributed by atoms with Crippen LogP contribution in [0, 0.1) is 6.92 Å². The van der Waals surface area contributed by atoms with Gasteiger partial charge in [-0.2, -0.15) is 0 Å². The zero-order chi connectivity index (χ0) is 21.0. The van der Waals surface area contributed by atoms with Crippen LogP contribution in [0.3, 0.4) is 0 Å². The minimum absolute atomic E-state index is 0.162. The van der Waals surface area contributed by atoms with E-state index >= 15 is 0 Å². The van der Waals surface area contributed by atoms with Crippen molar-refractivity contribution >= 4 is 23.5 Å². The maximum absolute atomic E-state index is 12.6. The molecule has 3 rings (SSSR count). The largest absolute Gasteiger partial charge is 0.496 e. The average Bonchev–Trinajstić information content (AvgIpc) is 3.09. The molecule has 1 aliphatic rings. The Morgan fingerprint density at radius 3 is 2.66 bits per heavy atom. The van der Waals surface area contributed by atoms with Gasteiger partial charge in [0.05, 0.1) is 14.2 Å². The predicted octanol–water partition coefficient (Wildman–Crippen LogP) is 3.20. The molecule has 2 atom stereocenters. The van der Waals surface area contributed by atoms with Gasteiger partial charge in [-0.25, -0.2) is 0 Å². The number of halogens is 1. The minimum Gasteiger partial charge on any atom is -0.496 e. The Morgan fingerprint density at radius 1 is 1.21 bits per heavy atom. The summed E-state index contributed by atoms with van der Waals surface area (Å²) in [4.78, 5) is 26.9. The third-order valence-corrected chi connectivity index (χ3v) is 5.38. The first-order valence-electron chi connectivity index (χ1n) is 9.43. The summed E-state index contributed by atoms with van der Waals surface area (Å²) in [6.45, 7) is 3.11. The highest BCUT2D eigenvalue weighted by Crippen LogP contribution is 2.25. The molecule has 1 fully saturated rings. The Hall–Kier alpha value is -2.57. The quantitative estimate of drug-likeness (QED) is 0.732. The van der Waals surface area contributed by atoms with Crippen molar-refractivity contribution in [1.29, 1.82) is 0 Å². The zero-order valence-corrected chi connectivity index (χ0v) is 17.5. The Bertz CT molecular complexity index is 902. The second-order valence-corrected chi connectivity index (χ2v) is 7.63. The van der Waals surface area contributed by atoms with Gasteiger partial charge in [-0.3, -0.25) is 14.5 Å². The van der Waals surface area contributed by atoms with Crippen LogP contribution in [0.4, 0.5) is 0 Å². The maximum atomic E-state index is 12.6. The summed E-state index contributed by atoms with van der Waals surface area (Å²) >= 11 is 5.98. The van der Waals surface area contributed by atoms with E-state index < -0.39 is 6.04 Å². The number of methoxy groups -OCH3 is 2. The van der Waals surface area contributed by atoms with E-state index in [-0.39, 0.29) is 17.9 Å². The van der Waals surface area contributed by atoms with Gasteiger partial charge in [-0.05, 0) is 48.7 Å². The highest BCUT2D eigenvalue weighted by Gasteiger charge is 2.38. The lowest BCUT2D eigenvalue weighted by atomic mass is 10.1. The molecule has 6 nitrogen and oxygen atoms in total. The topological polar surface area (TPSA) is 67.9 Å². The highest BCUT2D eigenvalue weighted by molar-refractivity contribution is 6.30. The van der Waals surface area contributed by atoms with Crippen LogP contribution in [0.5, 0.6) is 5.75 Å². The lowest BCUT2D eigenvalue weighted by Crippen LogP contribution is -2.37. The van der Waals surface area contributed by atoms with Gasteiger partial charge in [0, 0.05) is 29.7 Å². The molecule has 0 aliphatic carbocycles. The van der Waals surface area contributed by atoms with E-state index in [0.29, 0.717) is 30.1 Å². The molecule has 1 saturated heterocycles. The number of benzene rings is 2. The Morgan fingerprint density at radius 2 is 2.00 bits per heavy atom. The lowest BCUT2D eigenvalue weighted by molar-refractivity contribution is -0.146. The van der Waals surface area contributed by atoms with Crippen molar-refractivity contribution in [3.8, 4) is 5.75 Å². The van der Waals surface area contributed by atoms with E-state index in [1.165, 1.54) is 7.11 Å². The smallest absolute Gasteiger partial charge is 0.323 e. The summed E-state index contributed by atoms with van der Waals surface area (Å²) in [6, 6.07) is 12.2. The van der Waals surface area contributed by atoms with E-state index in [0.717, 1.165) is 16.9 Å². The lowest BCUT2D eigenvalue weighted by Gasteiger charge is -2.22. The number of amides is 1. The summed E-state index contributed by atoms with van der Waals surface area (Å²) in [5.74, 6) is 0.323. The van der Waals surface area contributed by atoms with Gasteiger partial charge in [0.1, 0.15) is 11.8 Å². The number of nitrogens with one attached hydrogen (secondary N) is 1. The number of carbonyl (C=O) groups excluding carboxylic acids is 2. The van der Waals surface area contributed by atoms with Crippen LogP contribution in [-0.4, -0.2) is 49.6 Å². The number of likely N-dealkylation sites (tertiary alicyclic amines) is 1. The predicted molar refractivity (Wildman–Crippen MR) is 111 cm³/mol. The molecule has 154 valence electrons. The monoisotopic (exact) mass is 416 g/mol. The first-order chi connectivity index (χ1) is 13.9. The average molecular weight is 417 g/mol. The van der Waals surface area contributed by atoms with Gasteiger partial charge in [0.25, 0.3) is 5.91 Å². The van der Waals surface area contributed by atoms with Crippen LogP contribution in [0.1, 0.15) is 27.9 Å². The number of ether oxygens (including phenoxy) is 2. The van der Waals surface area contributed by atoms with Gasteiger partial charge >= 0.3 is 5.97 Å². The molecule has 2 aromatic rings. The molecule has 1 amide bonds. The van der Waals surface area contributed by atoms with Crippen molar-refractivity contribution in [2.45, 2.75) is 32.0 Å². The normalized spacial score (nSPS) is 19.0. The molecule has 1 N–H and O–H groups in total. The van der Waals surface area contributed by atoms with Gasteiger partial charge in [0.15, 0.2) is 0 Å². The van der Waals surface area contributed by atoms with Crippen molar-refractivity contribution in [3.05, 3.63) is 64.2 Å². The van der Waals surface area contributed by atoms with Gasteiger partial charge < -0.3 is 14.8 Å². The first-order valence-corrected chi connectivity index (χ1v) is 9.81. The molecule has 0 saturated carbocycles. The molecule has 2 aromatic carbocycles. The van der Waals surface area contributed by atoms with E-state index in [1.807, 2.05) is 30.0 Å². The molecule has 0 aromatic heterocycles. The first kappa shape index (κ1) is 21.1. The molecule has 29 heavy (non-hydrogen) atoms. The number of carbonyl (C=O) groups is 2. The van der Waals surface area contributed by atoms with E-state index in [1.54, 1.807) is 31.4 Å². The maximum Gasteiger partial charge on any atom is 0.323 e. The van der Waals surface area contributed by atoms with Crippen LogP contribution in [0.2, 0.25) is 5.02 Å². The molecule has 0 radical (unpaired) electrons. The fourth-order valence-corrected chi connectivity index (χ4v) is 3.93. The third kappa shape index (κ3) is 5.08. The standard InChI is InChI=1S/C22H25ClN2O4/c1-14-9-15(7-8-20(14)28-2)12-25-13-18(11-19(25)22(27)29-3)24-21(26)16-5-4-6-17(23)10-16/h4-10,18-19H,11-13H2,1-3H3,(H,24,26)/t18-,19-/m0/s1. The van der Waals surface area contributed by atoms with Gasteiger partial charge in [0.2, 0.25) is 0 Å². The molecule has 7 heteroatoms. The van der Waals surface area contributed by atoms with Crippen molar-refractivity contribution in [3.63, 3.8) is 0 Å². The second-order valence-electron chi connectivity index (χ2n) is 7.19. The summed E-state index contributed by atoms with van der Waals surface area (Å²) in [5, 5.41) is 3.52. The number of nitrogens with zero attached hydrogens (tertiary/aromatic N) is 1. The number of rotatable bonds is 6. The van der Waals surface area contributed by atoms with Crippen LogP contribution in [0.15, 0.2) is 42.5 Å². The van der Waals surface area contributed by atoms with Crippen LogP contribution < -0.4 is 10.1 Å². The Labute approximate surface area is 175 Å². The van der Waals surface area contributed by atoms with Crippen molar-refractivity contribution < 1.29 is 19.1 Å². The molecular formula is C22H25ClN2O4. The van der Waals surface area contributed by atoms with Crippen LogP contribution >= 0.6 is 11.6 Å². The summed E-state index contributed by atoms with van der Waals surface area (Å²) in [5.41, 5.74) is 2.60. The Kier molecular flexibility index (Phi) is 6.77. The Balaban J connectivity index is 1.72. The van der Waals surface area contributed by atoms with Gasteiger partial charge in [-0.1, -0.05) is 29.8 Å². The highest BCUT2D eigenvalue weighted by atomic mass is 35.5. The SMILES string of the molecule is COC(=O)[C@@H]1C[C@H](NC(=O)c2cccc(Cl)c2)CN1Cc1ccc(OC)c(C)c1. The van der Waals surface area contributed by atoms with Crippen molar-refractivity contribution in [1.82, 2.24) is 10.2 Å². The fraction of sp³-hybridized carbons (Fsp3) is 0.364. The molecule has 1 aliphatic heterocycles. The molecule has 0 bridgehead atoms. The number of hydrogen-bond donors (Lipinski definition) is 1. The van der Waals surface area contributed by atoms with Crippen molar-refractivity contribution in [2.24, 2.45) is 0 Å². The van der Waals surface area contributed by atoms with Gasteiger partial charge in [-0.15, -0.1) is 0 Å². The second kappa shape index (κ2) is 9.29. The fourth-order valence-electron chi connectivity index (χ4n) is 3.74.